The highest BCUT2D eigenvalue weighted by atomic mass is 35.5. The molecule has 0 amide bonds. The van der Waals surface area contributed by atoms with Crippen LogP contribution in [0.1, 0.15) is 18.9 Å². The minimum absolute atomic E-state index is 0.108. The molecule has 2 aromatic carbocycles. The first-order chi connectivity index (χ1) is 9.58. The van der Waals surface area contributed by atoms with Gasteiger partial charge in [-0.15, -0.1) is 0 Å². The first-order valence-electron chi connectivity index (χ1n) is 6.56. The summed E-state index contributed by atoms with van der Waals surface area (Å²) in [6, 6.07) is 11.5. The second-order valence-corrected chi connectivity index (χ2v) is 5.09. The van der Waals surface area contributed by atoms with Crippen molar-refractivity contribution < 1.29 is 9.13 Å². The van der Waals surface area contributed by atoms with Gasteiger partial charge in [0.2, 0.25) is 0 Å². The van der Waals surface area contributed by atoms with Crippen LogP contribution in [-0.2, 0) is 6.42 Å². The average Bonchev–Trinajstić information content (AvgIpc) is 2.44. The molecule has 0 saturated heterocycles. The lowest BCUT2D eigenvalue weighted by atomic mass is 10.0. The Labute approximate surface area is 123 Å². The molecule has 1 atom stereocenters. The molecule has 0 spiro atoms. The largest absolute Gasteiger partial charge is 0.457 e. The van der Waals surface area contributed by atoms with Crippen LogP contribution in [0.3, 0.4) is 0 Å². The van der Waals surface area contributed by atoms with Gasteiger partial charge in [-0.3, -0.25) is 0 Å². The van der Waals surface area contributed by atoms with Gasteiger partial charge in [-0.25, -0.2) is 4.39 Å². The highest BCUT2D eigenvalue weighted by molar-refractivity contribution is 6.31. The summed E-state index contributed by atoms with van der Waals surface area (Å²) in [5.41, 5.74) is 6.93. The first-order valence-corrected chi connectivity index (χ1v) is 6.93. The molecule has 0 aliphatic carbocycles. The Hall–Kier alpha value is -1.58. The standard InChI is InChI=1S/C16H17ClFNO/c1-2-13(19)9-11-3-6-15(10-16(11)17)20-14-7-4-12(18)5-8-14/h3-8,10,13H,2,9,19H2,1H3. The van der Waals surface area contributed by atoms with Gasteiger partial charge in [-0.1, -0.05) is 24.6 Å². The van der Waals surface area contributed by atoms with Gasteiger partial charge in [0.05, 0.1) is 0 Å². The number of benzene rings is 2. The third-order valence-corrected chi connectivity index (χ3v) is 3.43. The maximum atomic E-state index is 12.8. The van der Waals surface area contributed by atoms with Gasteiger partial charge >= 0.3 is 0 Å². The lowest BCUT2D eigenvalue weighted by molar-refractivity contribution is 0.480. The Balaban J connectivity index is 2.10. The van der Waals surface area contributed by atoms with Crippen molar-refractivity contribution in [2.75, 3.05) is 0 Å². The van der Waals surface area contributed by atoms with Crippen molar-refractivity contribution in [1.82, 2.24) is 0 Å². The monoisotopic (exact) mass is 293 g/mol. The molecule has 0 heterocycles. The Kier molecular flexibility index (Phi) is 4.99. The van der Waals surface area contributed by atoms with Gasteiger partial charge < -0.3 is 10.5 Å². The van der Waals surface area contributed by atoms with Crippen LogP contribution in [0, 0.1) is 5.82 Å². The molecule has 20 heavy (non-hydrogen) atoms. The highest BCUT2D eigenvalue weighted by Crippen LogP contribution is 2.27. The van der Waals surface area contributed by atoms with E-state index < -0.39 is 0 Å². The highest BCUT2D eigenvalue weighted by Gasteiger charge is 2.07. The van der Waals surface area contributed by atoms with E-state index in [1.807, 2.05) is 19.1 Å². The lowest BCUT2D eigenvalue weighted by Gasteiger charge is -2.12. The average molecular weight is 294 g/mol. The summed E-state index contributed by atoms with van der Waals surface area (Å²) in [4.78, 5) is 0. The van der Waals surface area contributed by atoms with E-state index >= 15 is 0 Å². The maximum absolute atomic E-state index is 12.8. The molecule has 4 heteroatoms. The molecule has 2 rings (SSSR count). The number of nitrogens with two attached hydrogens (primary N) is 1. The molecule has 2 aromatic rings. The smallest absolute Gasteiger partial charge is 0.128 e. The zero-order chi connectivity index (χ0) is 14.5. The van der Waals surface area contributed by atoms with Crippen molar-refractivity contribution in [3.63, 3.8) is 0 Å². The summed E-state index contributed by atoms with van der Waals surface area (Å²) in [7, 11) is 0. The minimum atomic E-state index is -0.292. The van der Waals surface area contributed by atoms with Gasteiger partial charge in [0.1, 0.15) is 17.3 Å². The maximum Gasteiger partial charge on any atom is 0.128 e. The Bertz CT molecular complexity index is 571. The molecule has 0 bridgehead atoms. The summed E-state index contributed by atoms with van der Waals surface area (Å²) in [5.74, 6) is 0.898. The number of ether oxygens (including phenoxy) is 1. The van der Waals surface area contributed by atoms with E-state index in [1.54, 1.807) is 18.2 Å². The van der Waals surface area contributed by atoms with Crippen LogP contribution in [0.5, 0.6) is 11.5 Å². The second kappa shape index (κ2) is 6.73. The summed E-state index contributed by atoms with van der Waals surface area (Å²) < 4.78 is 18.4. The van der Waals surface area contributed by atoms with Crippen LogP contribution in [0.2, 0.25) is 5.02 Å². The van der Waals surface area contributed by atoms with Crippen molar-refractivity contribution >= 4 is 11.6 Å². The van der Waals surface area contributed by atoms with E-state index in [-0.39, 0.29) is 11.9 Å². The van der Waals surface area contributed by atoms with Crippen LogP contribution in [-0.4, -0.2) is 6.04 Å². The minimum Gasteiger partial charge on any atom is -0.457 e. The number of halogens is 2. The van der Waals surface area contributed by atoms with E-state index in [0.29, 0.717) is 16.5 Å². The molecule has 0 fully saturated rings. The van der Waals surface area contributed by atoms with Crippen molar-refractivity contribution in [3.8, 4) is 11.5 Å². The zero-order valence-corrected chi connectivity index (χ0v) is 12.0. The zero-order valence-electron chi connectivity index (χ0n) is 11.3. The number of rotatable bonds is 5. The third kappa shape index (κ3) is 3.95. The summed E-state index contributed by atoms with van der Waals surface area (Å²) >= 11 is 6.23. The lowest BCUT2D eigenvalue weighted by Crippen LogP contribution is -2.21. The number of hydrogen-bond acceptors (Lipinski definition) is 2. The fraction of sp³-hybridized carbons (Fsp3) is 0.250. The molecule has 106 valence electrons. The van der Waals surface area contributed by atoms with E-state index in [0.717, 1.165) is 18.4 Å². The molecular formula is C16H17ClFNO. The van der Waals surface area contributed by atoms with E-state index in [2.05, 4.69) is 0 Å². The Morgan fingerprint density at radius 2 is 1.80 bits per heavy atom. The van der Waals surface area contributed by atoms with Gasteiger partial charge in [-0.05, 0) is 54.8 Å². The summed E-state index contributed by atoms with van der Waals surface area (Å²) in [5, 5.41) is 0.633. The Morgan fingerprint density at radius 1 is 1.15 bits per heavy atom. The molecule has 0 saturated carbocycles. The van der Waals surface area contributed by atoms with Gasteiger partial charge in [0, 0.05) is 11.1 Å². The fourth-order valence-electron chi connectivity index (χ4n) is 1.82. The summed E-state index contributed by atoms with van der Waals surface area (Å²) in [6.45, 7) is 2.05. The molecular weight excluding hydrogens is 277 g/mol. The number of hydrogen-bond donors (Lipinski definition) is 1. The SMILES string of the molecule is CCC(N)Cc1ccc(Oc2ccc(F)cc2)cc1Cl. The van der Waals surface area contributed by atoms with E-state index in [1.165, 1.54) is 12.1 Å². The van der Waals surface area contributed by atoms with Crippen molar-refractivity contribution in [3.05, 3.63) is 58.9 Å². The van der Waals surface area contributed by atoms with Gasteiger partial charge in [0.15, 0.2) is 0 Å². The third-order valence-electron chi connectivity index (χ3n) is 3.08. The van der Waals surface area contributed by atoms with Crippen LogP contribution in [0.25, 0.3) is 0 Å². The first kappa shape index (κ1) is 14.8. The molecule has 0 aliphatic heterocycles. The van der Waals surface area contributed by atoms with Gasteiger partial charge in [-0.2, -0.15) is 0 Å². The summed E-state index contributed by atoms with van der Waals surface area (Å²) in [6.07, 6.45) is 1.65. The topological polar surface area (TPSA) is 35.2 Å². The van der Waals surface area contributed by atoms with Crippen LogP contribution >= 0.6 is 11.6 Å². The fourth-order valence-corrected chi connectivity index (χ4v) is 2.07. The normalized spacial score (nSPS) is 12.2. The van der Waals surface area contributed by atoms with Crippen LogP contribution in [0.4, 0.5) is 4.39 Å². The quantitative estimate of drug-likeness (QED) is 0.877. The molecule has 2 N–H and O–H groups in total. The molecule has 1 unspecified atom stereocenters. The van der Waals surface area contributed by atoms with E-state index in [9.17, 15) is 4.39 Å². The van der Waals surface area contributed by atoms with Crippen molar-refractivity contribution in [1.29, 1.82) is 0 Å². The predicted molar refractivity (Wildman–Crippen MR) is 79.9 cm³/mol. The Morgan fingerprint density at radius 3 is 2.40 bits per heavy atom. The van der Waals surface area contributed by atoms with Gasteiger partial charge in [0.25, 0.3) is 0 Å². The predicted octanol–water partition coefficient (Wildman–Crippen LogP) is 4.55. The molecule has 0 radical (unpaired) electrons. The second-order valence-electron chi connectivity index (χ2n) is 4.68. The van der Waals surface area contributed by atoms with Crippen LogP contribution < -0.4 is 10.5 Å². The molecule has 0 aromatic heterocycles. The molecule has 2 nitrogen and oxygen atoms in total. The van der Waals surface area contributed by atoms with Crippen LogP contribution in [0.15, 0.2) is 42.5 Å². The van der Waals surface area contributed by atoms with Crippen molar-refractivity contribution in [2.45, 2.75) is 25.8 Å². The molecule has 0 aliphatic rings. The van der Waals surface area contributed by atoms with E-state index in [4.69, 9.17) is 22.1 Å². The van der Waals surface area contributed by atoms with Crippen molar-refractivity contribution in [2.24, 2.45) is 5.73 Å².